The Labute approximate surface area is 182 Å². The predicted octanol–water partition coefficient (Wildman–Crippen LogP) is 2.43. The number of amides is 2. The molecule has 1 aromatic rings. The van der Waals surface area contributed by atoms with Gasteiger partial charge in [0.25, 0.3) is 5.91 Å². The molecule has 1 aliphatic rings. The molecule has 0 spiro atoms. The number of carbonyl (C=O) groups excluding carboxylic acids is 3. The first-order valence-electron chi connectivity index (χ1n) is 10.6. The number of thioether (sulfide) groups is 1. The summed E-state index contributed by atoms with van der Waals surface area (Å²) in [5, 5.41) is 5.65. The van der Waals surface area contributed by atoms with Crippen molar-refractivity contribution in [3.05, 3.63) is 35.9 Å². The van der Waals surface area contributed by atoms with Crippen LogP contribution in [-0.2, 0) is 29.6 Å². The van der Waals surface area contributed by atoms with E-state index >= 15 is 0 Å². The van der Waals surface area contributed by atoms with Crippen LogP contribution in [0.5, 0.6) is 0 Å². The lowest BCUT2D eigenvalue weighted by Gasteiger charge is -2.18. The molecular formula is C22H32N2O5S. The first-order chi connectivity index (χ1) is 14.6. The fourth-order valence-electron chi connectivity index (χ4n) is 2.91. The smallest absolute Gasteiger partial charge is 0.338 e. The van der Waals surface area contributed by atoms with Gasteiger partial charge in [0.1, 0.15) is 6.04 Å². The number of nitrogens with one attached hydrogen (secondary N) is 2. The number of hydrogen-bond acceptors (Lipinski definition) is 6. The van der Waals surface area contributed by atoms with Crippen molar-refractivity contribution < 1.29 is 23.9 Å². The highest BCUT2D eigenvalue weighted by atomic mass is 32.2. The van der Waals surface area contributed by atoms with Crippen LogP contribution in [-0.4, -0.2) is 54.9 Å². The highest BCUT2D eigenvalue weighted by molar-refractivity contribution is 7.98. The standard InChI is InChI=1S/C22H32N2O5S/c1-3-5-6-10-13-23-20(25)17(15-30-14-16-11-8-7-9-12-16)24-21(26)18-19(29-18)22(27)28-4-2/h7-9,11-12,17-19H,3-6,10,13-15H2,1-2H3,(H,23,25)(H,24,26)/t17-,18-,19-/m0/s1. The van der Waals surface area contributed by atoms with Gasteiger partial charge in [0.2, 0.25) is 5.91 Å². The lowest BCUT2D eigenvalue weighted by Crippen LogP contribution is -2.50. The predicted molar refractivity (Wildman–Crippen MR) is 117 cm³/mol. The molecule has 0 radical (unpaired) electrons. The molecule has 1 aliphatic heterocycles. The number of benzene rings is 1. The number of epoxide rings is 1. The lowest BCUT2D eigenvalue weighted by molar-refractivity contribution is -0.144. The molecule has 3 atom stereocenters. The first-order valence-corrected chi connectivity index (χ1v) is 11.7. The van der Waals surface area contributed by atoms with Crippen LogP contribution in [0.4, 0.5) is 0 Å². The van der Waals surface area contributed by atoms with Gasteiger partial charge in [0, 0.05) is 18.1 Å². The fraction of sp³-hybridized carbons (Fsp3) is 0.591. The van der Waals surface area contributed by atoms with Gasteiger partial charge >= 0.3 is 5.97 Å². The third kappa shape index (κ3) is 8.36. The van der Waals surface area contributed by atoms with E-state index in [1.165, 1.54) is 0 Å². The van der Waals surface area contributed by atoms with Gasteiger partial charge in [0.05, 0.1) is 6.61 Å². The van der Waals surface area contributed by atoms with Gasteiger partial charge in [-0.15, -0.1) is 0 Å². The normalized spacial score (nSPS) is 18.3. The molecule has 0 saturated carbocycles. The molecule has 8 heteroatoms. The van der Waals surface area contributed by atoms with E-state index in [2.05, 4.69) is 17.6 Å². The summed E-state index contributed by atoms with van der Waals surface area (Å²) in [4.78, 5) is 36.8. The third-order valence-electron chi connectivity index (χ3n) is 4.63. The maximum Gasteiger partial charge on any atom is 0.338 e. The van der Waals surface area contributed by atoms with E-state index in [-0.39, 0.29) is 12.5 Å². The third-order valence-corrected chi connectivity index (χ3v) is 5.73. The molecule has 1 heterocycles. The second kappa shape index (κ2) is 13.3. The summed E-state index contributed by atoms with van der Waals surface area (Å²) in [5.41, 5.74) is 1.15. The lowest BCUT2D eigenvalue weighted by atomic mass is 10.2. The zero-order valence-electron chi connectivity index (χ0n) is 17.7. The topological polar surface area (TPSA) is 97.0 Å². The van der Waals surface area contributed by atoms with Gasteiger partial charge < -0.3 is 20.1 Å². The van der Waals surface area contributed by atoms with Crippen molar-refractivity contribution >= 4 is 29.5 Å². The van der Waals surface area contributed by atoms with Crippen LogP contribution in [0.2, 0.25) is 0 Å². The minimum atomic E-state index is -0.886. The Morgan fingerprint density at radius 1 is 1.10 bits per heavy atom. The van der Waals surface area contributed by atoms with Crippen LogP contribution in [0.3, 0.4) is 0 Å². The molecule has 0 aliphatic carbocycles. The molecule has 30 heavy (non-hydrogen) atoms. The van der Waals surface area contributed by atoms with Gasteiger partial charge in [0.15, 0.2) is 12.2 Å². The largest absolute Gasteiger partial charge is 0.464 e. The summed E-state index contributed by atoms with van der Waals surface area (Å²) >= 11 is 1.57. The minimum absolute atomic E-state index is 0.214. The molecule has 1 saturated heterocycles. The van der Waals surface area contributed by atoms with Crippen molar-refractivity contribution in [2.24, 2.45) is 0 Å². The van der Waals surface area contributed by atoms with Crippen molar-refractivity contribution in [2.75, 3.05) is 18.9 Å². The average Bonchev–Trinajstić information content (AvgIpc) is 3.55. The molecule has 0 unspecified atom stereocenters. The van der Waals surface area contributed by atoms with Gasteiger partial charge in [-0.1, -0.05) is 56.5 Å². The number of hydrogen-bond donors (Lipinski definition) is 2. The Morgan fingerprint density at radius 2 is 1.87 bits per heavy atom. The molecule has 166 valence electrons. The summed E-state index contributed by atoms with van der Waals surface area (Å²) in [7, 11) is 0. The summed E-state index contributed by atoms with van der Waals surface area (Å²) in [5.74, 6) is -0.0538. The highest BCUT2D eigenvalue weighted by Crippen LogP contribution is 2.24. The molecular weight excluding hydrogens is 404 g/mol. The molecule has 1 aromatic carbocycles. The Kier molecular flexibility index (Phi) is 10.7. The first kappa shape index (κ1) is 24.2. The van der Waals surface area contributed by atoms with E-state index in [0.717, 1.165) is 37.0 Å². The second-order valence-corrected chi connectivity index (χ2v) is 8.17. The van der Waals surface area contributed by atoms with E-state index in [9.17, 15) is 14.4 Å². The molecule has 2 N–H and O–H groups in total. The summed E-state index contributed by atoms with van der Waals surface area (Å²) in [6, 6.07) is 9.26. The van der Waals surface area contributed by atoms with Crippen LogP contribution in [0.1, 0.15) is 45.1 Å². The Balaban J connectivity index is 1.85. The average molecular weight is 437 g/mol. The Hall–Kier alpha value is -2.06. The second-order valence-electron chi connectivity index (χ2n) is 7.14. The van der Waals surface area contributed by atoms with Crippen molar-refractivity contribution in [3.8, 4) is 0 Å². The quantitative estimate of drug-likeness (QED) is 0.264. The van der Waals surface area contributed by atoms with Gasteiger partial charge in [-0.05, 0) is 18.9 Å². The van der Waals surface area contributed by atoms with Crippen LogP contribution >= 0.6 is 11.8 Å². The number of ether oxygens (including phenoxy) is 2. The van der Waals surface area contributed by atoms with E-state index in [0.29, 0.717) is 12.3 Å². The number of unbranched alkanes of at least 4 members (excludes halogenated alkanes) is 3. The Morgan fingerprint density at radius 3 is 2.57 bits per heavy atom. The zero-order chi connectivity index (χ0) is 21.8. The molecule has 0 aromatic heterocycles. The van der Waals surface area contributed by atoms with E-state index in [4.69, 9.17) is 9.47 Å². The van der Waals surface area contributed by atoms with E-state index in [1.807, 2.05) is 30.3 Å². The molecule has 2 rings (SSSR count). The Bertz CT molecular complexity index is 685. The van der Waals surface area contributed by atoms with E-state index in [1.54, 1.807) is 18.7 Å². The SMILES string of the molecule is CCCCCCNC(=O)[C@H](CSCc1ccccc1)NC(=O)[C@H]1O[C@@H]1C(=O)OCC. The molecule has 1 fully saturated rings. The summed E-state index contributed by atoms with van der Waals surface area (Å²) < 4.78 is 10.0. The van der Waals surface area contributed by atoms with Crippen LogP contribution < -0.4 is 10.6 Å². The van der Waals surface area contributed by atoms with Gasteiger partial charge in [-0.2, -0.15) is 11.8 Å². The van der Waals surface area contributed by atoms with Gasteiger partial charge in [-0.3, -0.25) is 9.59 Å². The minimum Gasteiger partial charge on any atom is -0.464 e. The van der Waals surface area contributed by atoms with Gasteiger partial charge in [-0.25, -0.2) is 4.79 Å². The number of esters is 1. The zero-order valence-corrected chi connectivity index (χ0v) is 18.5. The van der Waals surface area contributed by atoms with Crippen molar-refractivity contribution in [1.82, 2.24) is 10.6 Å². The van der Waals surface area contributed by atoms with Crippen molar-refractivity contribution in [3.63, 3.8) is 0 Å². The monoisotopic (exact) mass is 436 g/mol. The summed E-state index contributed by atoms with van der Waals surface area (Å²) in [6.45, 7) is 4.64. The van der Waals surface area contributed by atoms with Crippen molar-refractivity contribution in [2.45, 2.75) is 63.5 Å². The van der Waals surface area contributed by atoms with Crippen LogP contribution in [0.15, 0.2) is 30.3 Å². The van der Waals surface area contributed by atoms with Crippen LogP contribution in [0, 0.1) is 0 Å². The fourth-order valence-corrected chi connectivity index (χ4v) is 3.92. The maximum atomic E-state index is 12.6. The number of rotatable bonds is 14. The summed E-state index contributed by atoms with van der Waals surface area (Å²) in [6.07, 6.45) is 2.48. The van der Waals surface area contributed by atoms with Crippen molar-refractivity contribution in [1.29, 1.82) is 0 Å². The van der Waals surface area contributed by atoms with E-state index < -0.39 is 30.1 Å². The molecule has 2 amide bonds. The maximum absolute atomic E-state index is 12.6. The number of carbonyl (C=O) groups is 3. The highest BCUT2D eigenvalue weighted by Gasteiger charge is 2.52. The van der Waals surface area contributed by atoms with Crippen LogP contribution in [0.25, 0.3) is 0 Å². The molecule has 0 bridgehead atoms. The molecule has 7 nitrogen and oxygen atoms in total.